The van der Waals surface area contributed by atoms with Crippen LogP contribution in [0.15, 0.2) is 27.5 Å². The zero-order chi connectivity index (χ0) is 32.6. The van der Waals surface area contributed by atoms with Gasteiger partial charge in [-0.05, 0) is 90.4 Å². The molecule has 3 aromatic rings. The molecule has 46 heavy (non-hydrogen) atoms. The number of anilines is 2. The second-order valence-electron chi connectivity index (χ2n) is 12.8. The molecule has 4 unspecified atom stereocenters. The fraction of sp³-hybridized carbons (Fsp3) is 0.515. The van der Waals surface area contributed by atoms with E-state index in [4.69, 9.17) is 31.4 Å². The summed E-state index contributed by atoms with van der Waals surface area (Å²) in [6.45, 7) is 5.07. The van der Waals surface area contributed by atoms with Crippen LogP contribution in [0.2, 0.25) is 0 Å². The molecular weight excluding hydrogens is 600 g/mol. The van der Waals surface area contributed by atoms with Crippen LogP contribution in [0.25, 0.3) is 11.5 Å². The van der Waals surface area contributed by atoms with E-state index in [1.54, 1.807) is 19.2 Å². The van der Waals surface area contributed by atoms with Crippen molar-refractivity contribution in [3.05, 3.63) is 50.9 Å². The molecule has 2 aliphatic carbocycles. The molecule has 12 nitrogen and oxygen atoms in total. The Balaban J connectivity index is 1.39. The summed E-state index contributed by atoms with van der Waals surface area (Å²) in [6, 6.07) is 2.73. The molecule has 1 fully saturated rings. The number of aliphatic hydroxyl groups is 1. The highest BCUT2D eigenvalue weighted by atomic mass is 32.1. The first-order chi connectivity index (χ1) is 22.1. The molecular formula is C33H42N10O2S. The summed E-state index contributed by atoms with van der Waals surface area (Å²) in [6.07, 6.45) is 11.6. The molecule has 4 atom stereocenters. The Morgan fingerprint density at radius 1 is 1.35 bits per heavy atom. The van der Waals surface area contributed by atoms with Crippen molar-refractivity contribution in [2.24, 2.45) is 10.7 Å². The minimum atomic E-state index is -0.564. The number of nitrogens with two attached hydrogens (primary N) is 2. The first-order valence-corrected chi connectivity index (χ1v) is 16.8. The molecule has 13 heteroatoms. The van der Waals surface area contributed by atoms with Gasteiger partial charge in [-0.15, -0.1) is 11.3 Å². The summed E-state index contributed by atoms with van der Waals surface area (Å²) >= 11 is 1.52. The third-order valence-corrected chi connectivity index (χ3v) is 10.7. The molecule has 0 aromatic carbocycles. The Labute approximate surface area is 273 Å². The van der Waals surface area contributed by atoms with E-state index >= 15 is 0 Å². The van der Waals surface area contributed by atoms with Crippen molar-refractivity contribution in [3.8, 4) is 17.6 Å². The number of hydrogen-bond donors (Lipinski definition) is 5. The number of nitrogens with zero attached hydrogens (tertiary/aromatic N) is 6. The zero-order valence-corrected chi connectivity index (χ0v) is 27.5. The van der Waals surface area contributed by atoms with Gasteiger partial charge in [-0.3, -0.25) is 10.4 Å². The Morgan fingerprint density at radius 2 is 2.13 bits per heavy atom. The van der Waals surface area contributed by atoms with Gasteiger partial charge in [0.1, 0.15) is 16.9 Å². The number of aliphatic hydroxyl groups excluding tert-OH is 1. The molecule has 0 bridgehead atoms. The largest absolute Gasteiger partial charge is 0.397 e. The normalized spacial score (nSPS) is 22.8. The molecule has 7 N–H and O–H groups in total. The van der Waals surface area contributed by atoms with E-state index in [0.29, 0.717) is 39.5 Å². The van der Waals surface area contributed by atoms with Crippen LogP contribution in [0.5, 0.6) is 0 Å². The molecule has 0 saturated carbocycles. The Kier molecular flexibility index (Phi) is 8.96. The summed E-state index contributed by atoms with van der Waals surface area (Å²) in [5.41, 5.74) is 16.1. The van der Waals surface area contributed by atoms with E-state index in [-0.39, 0.29) is 24.0 Å². The SMILES string of the molecule is CC(O)CN=C/C=C(\N)C(=N)c1cnc(-c2noc3c2CCCC32CCCc3sc(N)c(C#N)c32)nc1NC(C)C1CCCN1C. The fourth-order valence-electron chi connectivity index (χ4n) is 7.47. The molecule has 0 amide bonds. The van der Waals surface area contributed by atoms with Gasteiger partial charge in [-0.1, -0.05) is 5.16 Å². The highest BCUT2D eigenvalue weighted by Crippen LogP contribution is 2.55. The molecule has 1 spiro atoms. The topological polar surface area (TPSA) is 199 Å². The van der Waals surface area contributed by atoms with Crippen LogP contribution in [0.3, 0.4) is 0 Å². The average molecular weight is 643 g/mol. The fourth-order valence-corrected chi connectivity index (χ4v) is 8.63. The van der Waals surface area contributed by atoms with Crippen LogP contribution < -0.4 is 16.8 Å². The summed E-state index contributed by atoms with van der Waals surface area (Å²) < 4.78 is 6.20. The predicted octanol–water partition coefficient (Wildman–Crippen LogP) is 4.16. The monoisotopic (exact) mass is 642 g/mol. The van der Waals surface area contributed by atoms with E-state index in [1.807, 2.05) is 0 Å². The number of nitriles is 1. The molecule has 1 saturated heterocycles. The summed E-state index contributed by atoms with van der Waals surface area (Å²) in [5.74, 6) is 1.71. The van der Waals surface area contributed by atoms with Gasteiger partial charge < -0.3 is 31.3 Å². The van der Waals surface area contributed by atoms with Crippen molar-refractivity contribution in [1.82, 2.24) is 20.0 Å². The van der Waals surface area contributed by atoms with E-state index in [2.05, 4.69) is 40.4 Å². The van der Waals surface area contributed by atoms with Crippen molar-refractivity contribution < 1.29 is 9.63 Å². The van der Waals surface area contributed by atoms with Gasteiger partial charge >= 0.3 is 0 Å². The lowest BCUT2D eigenvalue weighted by molar-refractivity contribution is 0.204. The van der Waals surface area contributed by atoms with Gasteiger partial charge in [0.05, 0.1) is 40.6 Å². The number of aromatic nitrogens is 3. The van der Waals surface area contributed by atoms with Crippen LogP contribution in [-0.2, 0) is 18.3 Å². The smallest absolute Gasteiger partial charge is 0.184 e. The van der Waals surface area contributed by atoms with E-state index in [0.717, 1.165) is 74.8 Å². The number of likely N-dealkylation sites (tertiary alicyclic amines) is 1. The van der Waals surface area contributed by atoms with Gasteiger partial charge in [0.25, 0.3) is 0 Å². The lowest BCUT2D eigenvalue weighted by atomic mass is 9.63. The van der Waals surface area contributed by atoms with Crippen molar-refractivity contribution >= 4 is 34.1 Å². The second-order valence-corrected chi connectivity index (χ2v) is 14.0. The van der Waals surface area contributed by atoms with Crippen LogP contribution in [0.4, 0.5) is 10.8 Å². The Hall–Kier alpha value is -4.12. The standard InChI is InChI=1S/C33H42N10O2S/c1-18(44)16-38-13-10-23(35)27(36)22-17-39-32(41-31(22)40-19(2)24-8-6-14-43(24)3)28-20-7-4-11-33(29(20)45-42-28)12-5-9-25-26(33)21(15-34)30(37)46-25/h10,13,17-19,24,36,44H,4-9,11-12,14,16,35,37H2,1-3H3,(H,39,40,41)/b23-10-,36-27?,38-13?. The van der Waals surface area contributed by atoms with Crippen LogP contribution in [-0.4, -0.2) is 75.4 Å². The second kappa shape index (κ2) is 12.9. The number of nitrogens with one attached hydrogen (secondary N) is 2. The molecule has 0 radical (unpaired) electrons. The highest BCUT2D eigenvalue weighted by molar-refractivity contribution is 7.16. The number of allylic oxidation sites excluding steroid dienone is 2. The first kappa shape index (κ1) is 31.8. The van der Waals surface area contributed by atoms with Gasteiger partial charge in [-0.25, -0.2) is 9.97 Å². The lowest BCUT2D eigenvalue weighted by Crippen LogP contribution is -2.39. The third-order valence-electron chi connectivity index (χ3n) is 9.67. The first-order valence-electron chi connectivity index (χ1n) is 16.0. The van der Waals surface area contributed by atoms with Gasteiger partial charge in [0.15, 0.2) is 17.3 Å². The zero-order valence-electron chi connectivity index (χ0n) is 26.6. The Bertz CT molecular complexity index is 1730. The van der Waals surface area contributed by atoms with Gasteiger partial charge in [-0.2, -0.15) is 5.26 Å². The van der Waals surface area contributed by atoms with E-state index < -0.39 is 11.5 Å². The number of nitrogen functional groups attached to an aromatic ring is 1. The number of rotatable bonds is 9. The molecule has 1 aliphatic heterocycles. The molecule has 4 heterocycles. The van der Waals surface area contributed by atoms with Gasteiger partial charge in [0.2, 0.25) is 0 Å². The number of aliphatic imine (C=N–C) groups is 1. The summed E-state index contributed by atoms with van der Waals surface area (Å²) in [7, 11) is 2.13. The quantitative estimate of drug-likeness (QED) is 0.211. The maximum atomic E-state index is 10.1. The predicted molar refractivity (Wildman–Crippen MR) is 181 cm³/mol. The lowest BCUT2D eigenvalue weighted by Gasteiger charge is -2.39. The molecule has 242 valence electrons. The highest BCUT2D eigenvalue weighted by Gasteiger charge is 2.48. The third kappa shape index (κ3) is 5.70. The molecule has 3 aromatic heterocycles. The van der Waals surface area contributed by atoms with Crippen molar-refractivity contribution in [1.29, 1.82) is 10.7 Å². The molecule has 3 aliphatic rings. The minimum Gasteiger partial charge on any atom is -0.397 e. The number of hydrogen-bond acceptors (Lipinski definition) is 13. The van der Waals surface area contributed by atoms with Crippen LogP contribution in [0, 0.1) is 16.7 Å². The minimum absolute atomic E-state index is 0.0446. The van der Waals surface area contributed by atoms with Crippen molar-refractivity contribution in [2.45, 2.75) is 88.8 Å². The van der Waals surface area contributed by atoms with Crippen LogP contribution >= 0.6 is 11.3 Å². The van der Waals surface area contributed by atoms with Gasteiger partial charge in [0, 0.05) is 34.9 Å². The van der Waals surface area contributed by atoms with E-state index in [1.165, 1.54) is 22.4 Å². The number of thiophene rings is 1. The van der Waals surface area contributed by atoms with Crippen molar-refractivity contribution in [3.63, 3.8) is 0 Å². The Morgan fingerprint density at radius 3 is 2.85 bits per heavy atom. The van der Waals surface area contributed by atoms with E-state index in [9.17, 15) is 10.4 Å². The maximum absolute atomic E-state index is 10.1. The number of fused-ring (bicyclic) bond motifs is 4. The number of likely N-dealkylation sites (N-methyl/N-ethyl adjacent to an activating group) is 1. The maximum Gasteiger partial charge on any atom is 0.184 e. The molecule has 6 rings (SSSR count). The van der Waals surface area contributed by atoms with Crippen LogP contribution in [0.1, 0.15) is 85.3 Å². The summed E-state index contributed by atoms with van der Waals surface area (Å²) in [4.78, 5) is 17.3. The summed E-state index contributed by atoms with van der Waals surface area (Å²) in [5, 5.41) is 37.2. The average Bonchev–Trinajstić information content (AvgIpc) is 3.76. The number of aryl methyl sites for hydroxylation is 1. The van der Waals surface area contributed by atoms with Crippen molar-refractivity contribution in [2.75, 3.05) is 31.2 Å².